The van der Waals surface area contributed by atoms with E-state index in [4.69, 9.17) is 4.74 Å². The lowest BCUT2D eigenvalue weighted by molar-refractivity contribution is -0.0220. The summed E-state index contributed by atoms with van der Waals surface area (Å²) in [7, 11) is 1.35. The average molecular weight is 481 g/mol. The second-order valence-electron chi connectivity index (χ2n) is 8.26. The molecule has 0 N–H and O–H groups in total. The fourth-order valence-electron chi connectivity index (χ4n) is 4.13. The van der Waals surface area contributed by atoms with Crippen LogP contribution in [0.5, 0.6) is 5.75 Å². The van der Waals surface area contributed by atoms with E-state index in [0.717, 1.165) is 5.69 Å². The number of nitrogens with zero attached hydrogens (tertiary/aromatic N) is 5. The maximum Gasteiger partial charge on any atom is 0.251 e. The predicted molar refractivity (Wildman–Crippen MR) is 125 cm³/mol. The summed E-state index contributed by atoms with van der Waals surface area (Å²) in [6.45, 7) is 0.285. The lowest BCUT2D eigenvalue weighted by Gasteiger charge is -2.33. The van der Waals surface area contributed by atoms with Crippen LogP contribution in [0.1, 0.15) is 12.8 Å². The third-order valence-electron chi connectivity index (χ3n) is 6.03. The van der Waals surface area contributed by atoms with Crippen molar-refractivity contribution in [2.45, 2.75) is 18.8 Å². The Kier molecular flexibility index (Phi) is 5.80. The Hall–Kier alpha value is -4.08. The minimum Gasteiger partial charge on any atom is -0.491 e. The Balaban J connectivity index is 1.55. The number of anilines is 1. The van der Waals surface area contributed by atoms with Crippen molar-refractivity contribution in [3.63, 3.8) is 0 Å². The van der Waals surface area contributed by atoms with Gasteiger partial charge in [-0.2, -0.15) is 10.2 Å². The van der Waals surface area contributed by atoms with Gasteiger partial charge >= 0.3 is 0 Å². The first-order valence-corrected chi connectivity index (χ1v) is 11.1. The topological polar surface area (TPSA) is 65.2 Å². The zero-order valence-electron chi connectivity index (χ0n) is 18.9. The van der Waals surface area contributed by atoms with E-state index >= 15 is 4.39 Å². The molecular weight excluding hydrogens is 459 g/mol. The highest BCUT2D eigenvalue weighted by Crippen LogP contribution is 2.31. The van der Waals surface area contributed by atoms with Gasteiger partial charge in [0.2, 0.25) is 0 Å². The highest BCUT2D eigenvalue weighted by molar-refractivity contribution is 5.59. The predicted octanol–water partition coefficient (Wildman–Crippen LogP) is 4.47. The number of hydrogen-bond donors (Lipinski definition) is 0. The van der Waals surface area contributed by atoms with E-state index in [2.05, 4.69) is 10.2 Å². The molecule has 35 heavy (non-hydrogen) atoms. The summed E-state index contributed by atoms with van der Waals surface area (Å²) in [5.41, 5.74) is 1.31. The van der Waals surface area contributed by atoms with Crippen LogP contribution in [0, 0.1) is 5.82 Å². The van der Waals surface area contributed by atoms with E-state index in [1.54, 1.807) is 27.9 Å². The van der Waals surface area contributed by atoms with Crippen molar-refractivity contribution < 1.29 is 17.9 Å². The van der Waals surface area contributed by atoms with E-state index in [0.29, 0.717) is 11.4 Å². The molecule has 3 heterocycles. The molecule has 0 radical (unpaired) electrons. The number of ether oxygens (including phenoxy) is 1. The summed E-state index contributed by atoms with van der Waals surface area (Å²) in [6, 6.07) is 15.3. The summed E-state index contributed by atoms with van der Waals surface area (Å²) in [5, 5.41) is 8.72. The van der Waals surface area contributed by atoms with Crippen LogP contribution >= 0.6 is 0 Å². The number of hydrogen-bond acceptors (Lipinski definition) is 5. The van der Waals surface area contributed by atoms with E-state index in [1.165, 1.54) is 30.1 Å². The van der Waals surface area contributed by atoms with Crippen molar-refractivity contribution in [3.05, 3.63) is 83.0 Å². The van der Waals surface area contributed by atoms with Crippen molar-refractivity contribution in [2.75, 3.05) is 25.1 Å². The van der Waals surface area contributed by atoms with Crippen molar-refractivity contribution in [3.8, 4) is 28.5 Å². The van der Waals surface area contributed by atoms with Crippen molar-refractivity contribution in [1.29, 1.82) is 0 Å². The Labute approximate surface area is 199 Å². The molecule has 0 unspecified atom stereocenters. The molecule has 2 aromatic heterocycles. The summed E-state index contributed by atoms with van der Waals surface area (Å²) in [4.78, 5) is 14.8. The smallest absolute Gasteiger partial charge is 0.251 e. The number of methoxy groups -OCH3 is 1. The van der Waals surface area contributed by atoms with Gasteiger partial charge in [-0.15, -0.1) is 0 Å². The molecule has 0 spiro atoms. The standard InChI is InChI=1S/C25H22F3N5O2/c1-35-22-16-32(20-8-7-18(15-19(20)26)31-13-10-25(27,28)11-14-31)30-23(24(22)34)21-9-12-29-33(21)17-5-3-2-4-6-17/h2-9,12,15-16H,10-11,13-14H2,1H3. The molecule has 5 rings (SSSR count). The fraction of sp³-hybridized carbons (Fsp3) is 0.240. The number of piperidine rings is 1. The van der Waals surface area contributed by atoms with Crippen LogP contribution in [0.15, 0.2) is 71.8 Å². The molecule has 1 aliphatic rings. The van der Waals surface area contributed by atoms with Crippen molar-refractivity contribution in [2.24, 2.45) is 0 Å². The molecule has 0 atom stereocenters. The van der Waals surface area contributed by atoms with Gasteiger partial charge in [0.15, 0.2) is 17.3 Å². The van der Waals surface area contributed by atoms with Crippen LogP contribution < -0.4 is 15.1 Å². The maximum absolute atomic E-state index is 15.2. The molecule has 4 aromatic rings. The Bertz CT molecular complexity index is 1410. The zero-order valence-corrected chi connectivity index (χ0v) is 18.9. The van der Waals surface area contributed by atoms with Crippen molar-refractivity contribution >= 4 is 5.69 Å². The molecule has 180 valence electrons. The second-order valence-corrected chi connectivity index (χ2v) is 8.26. The van der Waals surface area contributed by atoms with Gasteiger partial charge in [-0.25, -0.2) is 22.5 Å². The largest absolute Gasteiger partial charge is 0.491 e. The lowest BCUT2D eigenvalue weighted by Crippen LogP contribution is -2.39. The van der Waals surface area contributed by atoms with E-state index < -0.39 is 17.2 Å². The molecule has 0 amide bonds. The zero-order chi connectivity index (χ0) is 24.6. The van der Waals surface area contributed by atoms with Crippen LogP contribution in [0.3, 0.4) is 0 Å². The van der Waals surface area contributed by atoms with Gasteiger partial charge in [-0.1, -0.05) is 18.2 Å². The highest BCUT2D eigenvalue weighted by Gasteiger charge is 2.34. The minimum absolute atomic E-state index is 0.0162. The number of para-hydroxylation sites is 1. The maximum atomic E-state index is 15.2. The van der Waals surface area contributed by atoms with Gasteiger partial charge in [-0.3, -0.25) is 4.79 Å². The van der Waals surface area contributed by atoms with Crippen LogP contribution in [0.25, 0.3) is 22.8 Å². The van der Waals surface area contributed by atoms with Crippen molar-refractivity contribution in [1.82, 2.24) is 19.6 Å². The number of halogens is 3. The molecule has 0 saturated carbocycles. The van der Waals surface area contributed by atoms with Gasteiger partial charge in [-0.05, 0) is 36.4 Å². The number of rotatable bonds is 5. The molecule has 0 bridgehead atoms. The fourth-order valence-corrected chi connectivity index (χ4v) is 4.13. The lowest BCUT2D eigenvalue weighted by atomic mass is 10.1. The average Bonchev–Trinajstić information content (AvgIpc) is 3.34. The first-order valence-electron chi connectivity index (χ1n) is 11.1. The van der Waals surface area contributed by atoms with Crippen LogP contribution in [0.4, 0.5) is 18.9 Å². The summed E-state index contributed by atoms with van der Waals surface area (Å²) in [5.74, 6) is -3.31. The molecule has 0 aliphatic carbocycles. The molecule has 1 saturated heterocycles. The summed E-state index contributed by atoms with van der Waals surface area (Å²) in [6.07, 6.45) is 2.32. The first kappa shape index (κ1) is 22.7. The molecule has 7 nitrogen and oxygen atoms in total. The van der Waals surface area contributed by atoms with E-state index in [9.17, 15) is 13.6 Å². The molecule has 1 aliphatic heterocycles. The van der Waals surface area contributed by atoms with Gasteiger partial charge in [0.05, 0.1) is 30.9 Å². The Morgan fingerprint density at radius 1 is 1.00 bits per heavy atom. The Morgan fingerprint density at radius 2 is 1.74 bits per heavy atom. The van der Waals surface area contributed by atoms with Gasteiger partial charge in [0.25, 0.3) is 11.4 Å². The van der Waals surface area contributed by atoms with Crippen LogP contribution in [0.2, 0.25) is 0 Å². The van der Waals surface area contributed by atoms with E-state index in [-0.39, 0.29) is 43.1 Å². The SMILES string of the molecule is COc1cn(-c2ccc(N3CCC(F)(F)CC3)cc2F)nc(-c2ccnn2-c2ccccc2)c1=O. The van der Waals surface area contributed by atoms with Gasteiger partial charge < -0.3 is 9.64 Å². The van der Waals surface area contributed by atoms with Gasteiger partial charge in [0.1, 0.15) is 5.69 Å². The molecule has 2 aromatic carbocycles. The summed E-state index contributed by atoms with van der Waals surface area (Å²) < 4.78 is 50.3. The summed E-state index contributed by atoms with van der Waals surface area (Å²) >= 11 is 0. The third kappa shape index (κ3) is 4.39. The molecule has 10 heteroatoms. The minimum atomic E-state index is -2.69. The van der Waals surface area contributed by atoms with Gasteiger partial charge in [0, 0.05) is 31.6 Å². The number of alkyl halides is 2. The quantitative estimate of drug-likeness (QED) is 0.421. The normalized spacial score (nSPS) is 15.3. The molecule has 1 fully saturated rings. The molecular formula is C25H22F3N5O2. The van der Waals surface area contributed by atoms with E-state index in [1.807, 2.05) is 30.3 Å². The van der Waals surface area contributed by atoms with Crippen LogP contribution in [-0.4, -0.2) is 45.7 Å². The number of aromatic nitrogens is 4. The Morgan fingerprint density at radius 3 is 2.43 bits per heavy atom. The first-order chi connectivity index (χ1) is 16.9. The monoisotopic (exact) mass is 481 g/mol. The number of benzene rings is 2. The van der Waals surface area contributed by atoms with Crippen LogP contribution in [-0.2, 0) is 0 Å². The second kappa shape index (κ2) is 8.94. The highest BCUT2D eigenvalue weighted by atomic mass is 19.3. The third-order valence-corrected chi connectivity index (χ3v) is 6.03.